The molecular formula is C11H9BrClNO. The minimum Gasteiger partial charge on any atom is -0.460 e. The van der Waals surface area contributed by atoms with Crippen LogP contribution in [0.25, 0.3) is 11.3 Å². The van der Waals surface area contributed by atoms with E-state index in [1.54, 1.807) is 0 Å². The highest BCUT2D eigenvalue weighted by Crippen LogP contribution is 2.29. The molecule has 0 atom stereocenters. The van der Waals surface area contributed by atoms with Crippen molar-refractivity contribution in [2.24, 2.45) is 5.73 Å². The highest BCUT2D eigenvalue weighted by atomic mass is 79.9. The quantitative estimate of drug-likeness (QED) is 0.911. The smallest absolute Gasteiger partial charge is 0.134 e. The Bertz CT molecular complexity index is 481. The van der Waals surface area contributed by atoms with Gasteiger partial charge in [0, 0.05) is 10.0 Å². The average molecular weight is 287 g/mol. The predicted molar refractivity (Wildman–Crippen MR) is 64.7 cm³/mol. The molecule has 2 rings (SSSR count). The number of hydrogen-bond donors (Lipinski definition) is 1. The highest BCUT2D eigenvalue weighted by Gasteiger charge is 2.05. The fourth-order valence-electron chi connectivity index (χ4n) is 1.29. The summed E-state index contributed by atoms with van der Waals surface area (Å²) in [5.74, 6) is 1.55. The molecule has 78 valence electrons. The highest BCUT2D eigenvalue weighted by molar-refractivity contribution is 9.10. The second-order valence-electron chi connectivity index (χ2n) is 3.10. The lowest BCUT2D eigenvalue weighted by Crippen LogP contribution is -1.92. The Morgan fingerprint density at radius 1 is 1.27 bits per heavy atom. The first-order valence-corrected chi connectivity index (χ1v) is 5.62. The SMILES string of the molecule is NCc1ccc(-c2ccc(Br)c(Cl)c2)o1. The van der Waals surface area contributed by atoms with Crippen LogP contribution in [0.15, 0.2) is 39.2 Å². The lowest BCUT2D eigenvalue weighted by atomic mass is 10.2. The van der Waals surface area contributed by atoms with Gasteiger partial charge in [0.2, 0.25) is 0 Å². The molecule has 0 unspecified atom stereocenters. The van der Waals surface area contributed by atoms with Gasteiger partial charge in [-0.3, -0.25) is 0 Å². The van der Waals surface area contributed by atoms with E-state index in [0.29, 0.717) is 11.6 Å². The molecule has 0 aliphatic carbocycles. The van der Waals surface area contributed by atoms with E-state index in [4.69, 9.17) is 21.8 Å². The van der Waals surface area contributed by atoms with Gasteiger partial charge >= 0.3 is 0 Å². The van der Waals surface area contributed by atoms with Gasteiger partial charge in [0.25, 0.3) is 0 Å². The van der Waals surface area contributed by atoms with Crippen LogP contribution in [0, 0.1) is 0 Å². The standard InChI is InChI=1S/C11H9BrClNO/c12-9-3-1-7(5-10(9)13)11-4-2-8(6-14)15-11/h1-5H,6,14H2. The number of rotatable bonds is 2. The van der Waals surface area contributed by atoms with Crippen LogP contribution in [0.1, 0.15) is 5.76 Å². The van der Waals surface area contributed by atoms with Crippen molar-refractivity contribution < 1.29 is 4.42 Å². The van der Waals surface area contributed by atoms with Crippen molar-refractivity contribution in [3.05, 3.63) is 45.6 Å². The van der Waals surface area contributed by atoms with Crippen molar-refractivity contribution in [3.8, 4) is 11.3 Å². The van der Waals surface area contributed by atoms with Gasteiger partial charge in [0.1, 0.15) is 11.5 Å². The molecule has 0 saturated carbocycles. The molecule has 0 bridgehead atoms. The van der Waals surface area contributed by atoms with Crippen molar-refractivity contribution in [2.75, 3.05) is 0 Å². The summed E-state index contributed by atoms with van der Waals surface area (Å²) in [5.41, 5.74) is 6.42. The minimum absolute atomic E-state index is 0.407. The van der Waals surface area contributed by atoms with Crippen LogP contribution in [-0.4, -0.2) is 0 Å². The van der Waals surface area contributed by atoms with E-state index in [2.05, 4.69) is 15.9 Å². The first-order valence-electron chi connectivity index (χ1n) is 4.45. The van der Waals surface area contributed by atoms with Gasteiger partial charge in [0.05, 0.1) is 11.6 Å². The monoisotopic (exact) mass is 285 g/mol. The van der Waals surface area contributed by atoms with Gasteiger partial charge in [-0.1, -0.05) is 17.7 Å². The number of hydrogen-bond acceptors (Lipinski definition) is 2. The lowest BCUT2D eigenvalue weighted by molar-refractivity contribution is 0.525. The fourth-order valence-corrected chi connectivity index (χ4v) is 1.72. The predicted octanol–water partition coefficient (Wildman–Crippen LogP) is 3.82. The minimum atomic E-state index is 0.407. The molecular weight excluding hydrogens is 277 g/mol. The molecule has 1 heterocycles. The Hall–Kier alpha value is -0.770. The molecule has 0 aliphatic heterocycles. The summed E-state index contributed by atoms with van der Waals surface area (Å²) in [6.45, 7) is 0.407. The maximum absolute atomic E-state index is 5.99. The summed E-state index contributed by atoms with van der Waals surface area (Å²) in [6.07, 6.45) is 0. The van der Waals surface area contributed by atoms with Gasteiger partial charge in [0.15, 0.2) is 0 Å². The van der Waals surface area contributed by atoms with E-state index in [-0.39, 0.29) is 0 Å². The van der Waals surface area contributed by atoms with Crippen LogP contribution in [0.3, 0.4) is 0 Å². The molecule has 0 spiro atoms. The molecule has 15 heavy (non-hydrogen) atoms. The molecule has 0 saturated heterocycles. The Morgan fingerprint density at radius 2 is 2.07 bits per heavy atom. The Kier molecular flexibility index (Phi) is 3.14. The van der Waals surface area contributed by atoms with Crippen LogP contribution in [0.4, 0.5) is 0 Å². The molecule has 0 aliphatic rings. The van der Waals surface area contributed by atoms with E-state index in [9.17, 15) is 0 Å². The van der Waals surface area contributed by atoms with Crippen molar-refractivity contribution >= 4 is 27.5 Å². The van der Waals surface area contributed by atoms with Crippen LogP contribution in [0.5, 0.6) is 0 Å². The average Bonchev–Trinajstić information content (AvgIpc) is 2.70. The Balaban J connectivity index is 2.40. The maximum Gasteiger partial charge on any atom is 0.134 e. The third-order valence-electron chi connectivity index (χ3n) is 2.07. The normalized spacial score (nSPS) is 10.6. The molecule has 2 aromatic rings. The van der Waals surface area contributed by atoms with Gasteiger partial charge in [-0.05, 0) is 40.2 Å². The van der Waals surface area contributed by atoms with Gasteiger partial charge in [-0.15, -0.1) is 0 Å². The zero-order valence-corrected chi connectivity index (χ0v) is 10.2. The largest absolute Gasteiger partial charge is 0.460 e. The molecule has 4 heteroatoms. The topological polar surface area (TPSA) is 39.2 Å². The van der Waals surface area contributed by atoms with Gasteiger partial charge in [-0.25, -0.2) is 0 Å². The molecule has 2 N–H and O–H groups in total. The summed E-state index contributed by atoms with van der Waals surface area (Å²) in [7, 11) is 0. The second-order valence-corrected chi connectivity index (χ2v) is 4.36. The van der Waals surface area contributed by atoms with Crippen LogP contribution >= 0.6 is 27.5 Å². The number of furan rings is 1. The summed E-state index contributed by atoms with van der Waals surface area (Å²) in [6, 6.07) is 9.44. The third kappa shape index (κ3) is 2.25. The van der Waals surface area contributed by atoms with Crippen LogP contribution in [0.2, 0.25) is 5.02 Å². The molecule has 1 aromatic carbocycles. The van der Waals surface area contributed by atoms with Crippen molar-refractivity contribution in [2.45, 2.75) is 6.54 Å². The number of nitrogens with two attached hydrogens (primary N) is 1. The summed E-state index contributed by atoms with van der Waals surface area (Å²) >= 11 is 9.33. The van der Waals surface area contributed by atoms with Crippen LogP contribution in [-0.2, 0) is 6.54 Å². The zero-order valence-electron chi connectivity index (χ0n) is 7.84. The number of halogens is 2. The second kappa shape index (κ2) is 4.39. The molecule has 0 amide bonds. The Labute approximate surface area is 101 Å². The van der Waals surface area contributed by atoms with E-state index < -0.39 is 0 Å². The third-order valence-corrected chi connectivity index (χ3v) is 3.30. The van der Waals surface area contributed by atoms with Crippen molar-refractivity contribution in [1.82, 2.24) is 0 Å². The fraction of sp³-hybridized carbons (Fsp3) is 0.0909. The maximum atomic E-state index is 5.99. The molecule has 0 fully saturated rings. The van der Waals surface area contributed by atoms with Gasteiger partial charge in [-0.2, -0.15) is 0 Å². The lowest BCUT2D eigenvalue weighted by Gasteiger charge is -1.99. The Morgan fingerprint density at radius 3 is 2.67 bits per heavy atom. The van der Waals surface area contributed by atoms with Crippen LogP contribution < -0.4 is 5.73 Å². The zero-order chi connectivity index (χ0) is 10.8. The first kappa shape index (κ1) is 10.7. The first-order chi connectivity index (χ1) is 7.20. The van der Waals surface area contributed by atoms with E-state index in [1.165, 1.54) is 0 Å². The van der Waals surface area contributed by atoms with E-state index in [1.807, 2.05) is 30.3 Å². The summed E-state index contributed by atoms with van der Waals surface area (Å²) < 4.78 is 6.39. The van der Waals surface area contributed by atoms with Crippen molar-refractivity contribution in [1.29, 1.82) is 0 Å². The number of benzene rings is 1. The molecule has 1 aromatic heterocycles. The van der Waals surface area contributed by atoms with Gasteiger partial charge < -0.3 is 10.2 Å². The van der Waals surface area contributed by atoms with E-state index >= 15 is 0 Å². The van der Waals surface area contributed by atoms with E-state index in [0.717, 1.165) is 21.6 Å². The summed E-state index contributed by atoms with van der Waals surface area (Å²) in [5, 5.41) is 0.665. The van der Waals surface area contributed by atoms with Crippen molar-refractivity contribution in [3.63, 3.8) is 0 Å². The molecule has 2 nitrogen and oxygen atoms in total. The summed E-state index contributed by atoms with van der Waals surface area (Å²) in [4.78, 5) is 0. The molecule has 0 radical (unpaired) electrons.